The van der Waals surface area contributed by atoms with Crippen LogP contribution in [-0.4, -0.2) is 26.0 Å². The summed E-state index contributed by atoms with van der Waals surface area (Å²) < 4.78 is 65.3. The molecule has 112 valence electrons. The molecule has 0 saturated heterocycles. The normalized spacial score (nSPS) is 12.3. The van der Waals surface area contributed by atoms with E-state index >= 15 is 0 Å². The summed E-state index contributed by atoms with van der Waals surface area (Å²) >= 11 is 0. The molecule has 0 aromatic heterocycles. The van der Waals surface area contributed by atoms with E-state index < -0.39 is 40.6 Å². The Morgan fingerprint density at radius 3 is 1.85 bits per heavy atom. The first-order valence-corrected chi connectivity index (χ1v) is 5.75. The third kappa shape index (κ3) is 3.24. The molecule has 1 amide bonds. The van der Waals surface area contributed by atoms with Gasteiger partial charge in [0.15, 0.2) is 23.3 Å². The molecule has 0 bridgehead atoms. The monoisotopic (exact) mass is 296 g/mol. The van der Waals surface area contributed by atoms with Crippen LogP contribution in [-0.2, 0) is 0 Å². The van der Waals surface area contributed by atoms with Gasteiger partial charge in [-0.1, -0.05) is 6.92 Å². The third-order valence-electron chi connectivity index (χ3n) is 2.60. The summed E-state index contributed by atoms with van der Waals surface area (Å²) in [4.78, 5) is 11.5. The SMILES string of the molecule is CNCC(C)CNC(=O)c1c(F)c(F)c(F)c(F)c1F. The topological polar surface area (TPSA) is 41.1 Å². The second-order valence-electron chi connectivity index (χ2n) is 4.32. The summed E-state index contributed by atoms with van der Waals surface area (Å²) in [6.07, 6.45) is 0. The average Bonchev–Trinajstić information content (AvgIpc) is 2.41. The van der Waals surface area contributed by atoms with E-state index in [2.05, 4.69) is 10.6 Å². The van der Waals surface area contributed by atoms with E-state index in [1.807, 2.05) is 0 Å². The molecular weight excluding hydrogens is 283 g/mol. The van der Waals surface area contributed by atoms with Crippen LogP contribution in [0.4, 0.5) is 22.0 Å². The molecule has 0 aliphatic carbocycles. The van der Waals surface area contributed by atoms with Crippen molar-refractivity contribution in [3.8, 4) is 0 Å². The van der Waals surface area contributed by atoms with E-state index in [0.717, 1.165) is 0 Å². The largest absolute Gasteiger partial charge is 0.352 e. The number of nitrogens with one attached hydrogen (secondary N) is 2. The van der Waals surface area contributed by atoms with Gasteiger partial charge in [-0.05, 0) is 19.5 Å². The zero-order valence-electron chi connectivity index (χ0n) is 10.8. The first-order valence-electron chi connectivity index (χ1n) is 5.75. The van der Waals surface area contributed by atoms with Gasteiger partial charge in [0.1, 0.15) is 5.56 Å². The summed E-state index contributed by atoms with van der Waals surface area (Å²) in [5.74, 6) is -12.3. The summed E-state index contributed by atoms with van der Waals surface area (Å²) in [5.41, 5.74) is -1.47. The highest BCUT2D eigenvalue weighted by Crippen LogP contribution is 2.22. The highest BCUT2D eigenvalue weighted by molar-refractivity contribution is 5.94. The number of benzene rings is 1. The van der Waals surface area contributed by atoms with E-state index in [-0.39, 0.29) is 12.5 Å². The molecule has 0 aliphatic rings. The van der Waals surface area contributed by atoms with Gasteiger partial charge in [-0.3, -0.25) is 4.79 Å². The number of hydrogen-bond acceptors (Lipinski definition) is 2. The highest BCUT2D eigenvalue weighted by atomic mass is 19.2. The van der Waals surface area contributed by atoms with Crippen LogP contribution < -0.4 is 10.6 Å². The van der Waals surface area contributed by atoms with Crippen LogP contribution in [0.1, 0.15) is 17.3 Å². The Bertz CT molecular complexity index is 492. The smallest absolute Gasteiger partial charge is 0.257 e. The molecule has 0 aliphatic heterocycles. The van der Waals surface area contributed by atoms with Crippen LogP contribution in [0.5, 0.6) is 0 Å². The van der Waals surface area contributed by atoms with E-state index in [0.29, 0.717) is 6.54 Å². The molecule has 0 saturated carbocycles. The van der Waals surface area contributed by atoms with E-state index in [1.165, 1.54) is 0 Å². The highest BCUT2D eigenvalue weighted by Gasteiger charge is 2.29. The molecule has 0 spiro atoms. The minimum Gasteiger partial charge on any atom is -0.352 e. The van der Waals surface area contributed by atoms with Crippen molar-refractivity contribution in [1.82, 2.24) is 10.6 Å². The van der Waals surface area contributed by atoms with Gasteiger partial charge in [0.05, 0.1) is 0 Å². The maximum Gasteiger partial charge on any atom is 0.257 e. The molecule has 1 aromatic carbocycles. The van der Waals surface area contributed by atoms with Crippen molar-refractivity contribution in [2.45, 2.75) is 6.92 Å². The Morgan fingerprint density at radius 2 is 1.40 bits per heavy atom. The number of rotatable bonds is 5. The van der Waals surface area contributed by atoms with Crippen molar-refractivity contribution in [3.05, 3.63) is 34.6 Å². The second-order valence-corrected chi connectivity index (χ2v) is 4.32. The van der Waals surface area contributed by atoms with Crippen LogP contribution >= 0.6 is 0 Å². The van der Waals surface area contributed by atoms with Crippen molar-refractivity contribution in [1.29, 1.82) is 0 Å². The first-order chi connectivity index (χ1) is 9.31. The molecule has 1 atom stereocenters. The maximum absolute atomic E-state index is 13.3. The third-order valence-corrected chi connectivity index (χ3v) is 2.60. The lowest BCUT2D eigenvalue weighted by molar-refractivity contribution is 0.0936. The Labute approximate surface area is 112 Å². The molecule has 0 heterocycles. The van der Waals surface area contributed by atoms with Crippen molar-refractivity contribution < 1.29 is 26.7 Å². The predicted molar refractivity (Wildman–Crippen MR) is 61.7 cm³/mol. The van der Waals surface area contributed by atoms with Crippen LogP contribution in [0.15, 0.2) is 0 Å². The van der Waals surface area contributed by atoms with Gasteiger partial charge in [-0.2, -0.15) is 0 Å². The Morgan fingerprint density at radius 1 is 0.950 bits per heavy atom. The van der Waals surface area contributed by atoms with E-state index in [9.17, 15) is 26.7 Å². The van der Waals surface area contributed by atoms with Gasteiger partial charge in [0, 0.05) is 6.54 Å². The molecule has 8 heteroatoms. The van der Waals surface area contributed by atoms with Gasteiger partial charge >= 0.3 is 0 Å². The molecule has 3 nitrogen and oxygen atoms in total. The minimum atomic E-state index is -2.29. The number of amides is 1. The fourth-order valence-corrected chi connectivity index (χ4v) is 1.58. The molecule has 0 radical (unpaired) electrons. The van der Waals surface area contributed by atoms with Gasteiger partial charge in [-0.25, -0.2) is 22.0 Å². The number of halogens is 5. The predicted octanol–water partition coefficient (Wildman–Crippen LogP) is 1.97. The quantitative estimate of drug-likeness (QED) is 0.495. The van der Waals surface area contributed by atoms with Crippen molar-refractivity contribution in [2.75, 3.05) is 20.1 Å². The Kier molecular flexibility index (Phi) is 5.43. The Balaban J connectivity index is 3.00. The molecule has 1 aromatic rings. The first kappa shape index (κ1) is 16.4. The van der Waals surface area contributed by atoms with E-state index in [1.54, 1.807) is 14.0 Å². The number of carbonyl (C=O) groups is 1. The van der Waals surface area contributed by atoms with Gasteiger partial charge in [0.25, 0.3) is 5.91 Å². The molecule has 20 heavy (non-hydrogen) atoms. The molecule has 1 rings (SSSR count). The van der Waals surface area contributed by atoms with E-state index in [4.69, 9.17) is 0 Å². The van der Waals surface area contributed by atoms with Crippen molar-refractivity contribution in [3.63, 3.8) is 0 Å². The zero-order valence-corrected chi connectivity index (χ0v) is 10.8. The van der Waals surface area contributed by atoms with Crippen molar-refractivity contribution >= 4 is 5.91 Å². The van der Waals surface area contributed by atoms with Crippen LogP contribution in [0.25, 0.3) is 0 Å². The Hall–Kier alpha value is -1.70. The maximum atomic E-state index is 13.3. The summed E-state index contributed by atoms with van der Waals surface area (Å²) in [5, 5.41) is 4.93. The summed E-state index contributed by atoms with van der Waals surface area (Å²) in [7, 11) is 1.67. The zero-order chi connectivity index (χ0) is 15.4. The molecule has 2 N–H and O–H groups in total. The standard InChI is InChI=1S/C12H13F5N2O/c1-5(3-18-2)4-19-12(20)6-7(13)9(15)11(17)10(16)8(6)14/h5,18H,3-4H2,1-2H3,(H,19,20). The average molecular weight is 296 g/mol. The van der Waals surface area contributed by atoms with Gasteiger partial charge in [0.2, 0.25) is 5.82 Å². The van der Waals surface area contributed by atoms with Crippen molar-refractivity contribution in [2.24, 2.45) is 5.92 Å². The lowest BCUT2D eigenvalue weighted by Crippen LogP contribution is -2.33. The van der Waals surface area contributed by atoms with Crippen LogP contribution in [0.2, 0.25) is 0 Å². The van der Waals surface area contributed by atoms with Gasteiger partial charge in [-0.15, -0.1) is 0 Å². The fraction of sp³-hybridized carbons (Fsp3) is 0.417. The number of carbonyl (C=O) groups excluding carboxylic acids is 1. The lowest BCUT2D eigenvalue weighted by atomic mass is 10.1. The summed E-state index contributed by atoms with van der Waals surface area (Å²) in [6, 6.07) is 0. The second kappa shape index (κ2) is 6.65. The minimum absolute atomic E-state index is 0.0270. The molecule has 0 fully saturated rings. The molecular formula is C12H13F5N2O. The fourth-order valence-electron chi connectivity index (χ4n) is 1.58. The van der Waals surface area contributed by atoms with Crippen LogP contribution in [0, 0.1) is 35.0 Å². The molecule has 1 unspecified atom stereocenters. The van der Waals surface area contributed by atoms with Crippen LogP contribution in [0.3, 0.4) is 0 Å². The lowest BCUT2D eigenvalue weighted by Gasteiger charge is -2.13. The van der Waals surface area contributed by atoms with Gasteiger partial charge < -0.3 is 10.6 Å². The summed E-state index contributed by atoms with van der Waals surface area (Å²) in [6.45, 7) is 2.27. The number of hydrogen-bond donors (Lipinski definition) is 2.